The minimum absolute atomic E-state index is 0.0181. The van der Waals surface area contributed by atoms with Gasteiger partial charge in [0.2, 0.25) is 11.7 Å². The molecule has 2 aliphatic heterocycles. The van der Waals surface area contributed by atoms with Crippen molar-refractivity contribution in [3.05, 3.63) is 125 Å². The lowest BCUT2D eigenvalue weighted by Gasteiger charge is -2.34. The van der Waals surface area contributed by atoms with Crippen molar-refractivity contribution < 1.29 is 48.0 Å². The van der Waals surface area contributed by atoms with Gasteiger partial charge in [-0.25, -0.2) is 0 Å². The fraction of sp³-hybridized carbons (Fsp3) is 0.391. The lowest BCUT2D eigenvalue weighted by atomic mass is 9.83. The molecule has 13 heteroatoms. The molecule has 4 aromatic rings. The van der Waals surface area contributed by atoms with Crippen molar-refractivity contribution in [1.29, 1.82) is 0 Å². The first-order valence-corrected chi connectivity index (χ1v) is 20.1. The number of hydrogen-bond donors (Lipinski definition) is 2. The molecular formula is C46H51N3O10. The Hall–Kier alpha value is -5.76. The van der Waals surface area contributed by atoms with Crippen molar-refractivity contribution in [2.24, 2.45) is 5.92 Å². The van der Waals surface area contributed by atoms with Gasteiger partial charge in [-0.15, -0.1) is 0 Å². The average molecular weight is 806 g/mol. The summed E-state index contributed by atoms with van der Waals surface area (Å²) in [4.78, 5) is 57.1. The zero-order valence-corrected chi connectivity index (χ0v) is 33.4. The fourth-order valence-corrected chi connectivity index (χ4v) is 8.13. The molecule has 5 atom stereocenters. The Morgan fingerprint density at radius 3 is 2.10 bits per heavy atom. The molecule has 0 bridgehead atoms. The summed E-state index contributed by atoms with van der Waals surface area (Å²) in [6.45, 7) is 0.662. The first kappa shape index (κ1) is 41.4. The van der Waals surface area contributed by atoms with Gasteiger partial charge in [0, 0.05) is 31.6 Å². The Morgan fingerprint density at radius 1 is 0.847 bits per heavy atom. The van der Waals surface area contributed by atoms with E-state index in [0.717, 1.165) is 35.3 Å². The Bertz CT molecular complexity index is 2040. The highest BCUT2D eigenvalue weighted by Crippen LogP contribution is 2.39. The predicted octanol–water partition coefficient (Wildman–Crippen LogP) is 5.43. The molecule has 4 aromatic carbocycles. The van der Waals surface area contributed by atoms with Gasteiger partial charge in [0.25, 0.3) is 17.7 Å². The number of nitrogens with one attached hydrogen (secondary N) is 1. The van der Waals surface area contributed by atoms with Gasteiger partial charge >= 0.3 is 0 Å². The molecule has 1 saturated carbocycles. The molecular weight excluding hydrogens is 755 g/mol. The lowest BCUT2D eigenvalue weighted by molar-refractivity contribution is -0.133. The van der Waals surface area contributed by atoms with E-state index >= 15 is 0 Å². The SMILES string of the molecule is COc1cc(C(=O)N[C@@H](Cc2ccccc2)[C@@H](O)CN(CC[C@H]2CC[C@H]3OCO[C@H]3C2)C(=O)CCN2C(=O)c3ccccc3C2=O)cc(OC)c1OCc1ccccc1. The Labute approximate surface area is 344 Å². The van der Waals surface area contributed by atoms with Crippen LogP contribution in [-0.2, 0) is 27.3 Å². The molecule has 0 unspecified atom stereocenters. The van der Waals surface area contributed by atoms with Crippen molar-refractivity contribution in [2.45, 2.75) is 69.5 Å². The number of amides is 4. The van der Waals surface area contributed by atoms with Crippen LogP contribution in [0.5, 0.6) is 17.2 Å². The van der Waals surface area contributed by atoms with Gasteiger partial charge in [-0.05, 0) is 73.4 Å². The number of carbonyl (C=O) groups is 4. The highest BCUT2D eigenvalue weighted by Gasteiger charge is 2.38. The molecule has 7 rings (SSSR count). The lowest BCUT2D eigenvalue weighted by Crippen LogP contribution is -2.51. The van der Waals surface area contributed by atoms with Crippen LogP contribution in [0.4, 0.5) is 0 Å². The molecule has 0 radical (unpaired) electrons. The van der Waals surface area contributed by atoms with E-state index in [1.807, 2.05) is 60.7 Å². The van der Waals surface area contributed by atoms with E-state index in [9.17, 15) is 24.3 Å². The molecule has 1 saturated heterocycles. The molecule has 2 fully saturated rings. The number of carbonyl (C=O) groups excluding carboxylic acids is 4. The second-order valence-electron chi connectivity index (χ2n) is 15.2. The number of rotatable bonds is 18. The number of hydrogen-bond acceptors (Lipinski definition) is 10. The van der Waals surface area contributed by atoms with Gasteiger partial charge in [0.05, 0.1) is 49.7 Å². The molecule has 2 heterocycles. The van der Waals surface area contributed by atoms with Crippen LogP contribution in [-0.4, -0.2) is 104 Å². The van der Waals surface area contributed by atoms with Crippen LogP contribution >= 0.6 is 0 Å². The van der Waals surface area contributed by atoms with Gasteiger partial charge in [-0.2, -0.15) is 0 Å². The molecule has 59 heavy (non-hydrogen) atoms. The molecule has 0 aromatic heterocycles. The van der Waals surface area contributed by atoms with E-state index in [1.54, 1.807) is 41.3 Å². The van der Waals surface area contributed by atoms with Gasteiger partial charge in [-0.3, -0.25) is 24.1 Å². The zero-order valence-electron chi connectivity index (χ0n) is 33.4. The Kier molecular flexibility index (Phi) is 13.6. The topological polar surface area (TPSA) is 153 Å². The maximum atomic E-state index is 14.1. The average Bonchev–Trinajstić information content (AvgIpc) is 3.84. The van der Waals surface area contributed by atoms with Crippen LogP contribution in [0.3, 0.4) is 0 Å². The summed E-state index contributed by atoms with van der Waals surface area (Å²) >= 11 is 0. The number of methoxy groups -OCH3 is 2. The Balaban J connectivity index is 1.09. The normalized spacial score (nSPS) is 19.4. The second-order valence-corrected chi connectivity index (χ2v) is 15.2. The van der Waals surface area contributed by atoms with E-state index in [1.165, 1.54) is 14.2 Å². The third-order valence-corrected chi connectivity index (χ3v) is 11.4. The number of imide groups is 1. The maximum absolute atomic E-state index is 14.1. The number of fused-ring (bicyclic) bond motifs is 2. The molecule has 2 N–H and O–H groups in total. The summed E-state index contributed by atoms with van der Waals surface area (Å²) < 4.78 is 28.9. The minimum atomic E-state index is -1.21. The highest BCUT2D eigenvalue weighted by atomic mass is 16.7. The number of aliphatic hydroxyl groups is 1. The predicted molar refractivity (Wildman–Crippen MR) is 217 cm³/mol. The summed E-state index contributed by atoms with van der Waals surface area (Å²) in [6, 6.07) is 28.0. The van der Waals surface area contributed by atoms with Crippen LogP contribution in [0, 0.1) is 5.92 Å². The first-order valence-electron chi connectivity index (χ1n) is 20.1. The van der Waals surface area contributed by atoms with Crippen LogP contribution in [0.1, 0.15) is 74.3 Å². The van der Waals surface area contributed by atoms with Gasteiger partial charge in [0.1, 0.15) is 13.4 Å². The third-order valence-electron chi connectivity index (χ3n) is 11.4. The standard InChI is InChI=1S/C46H51N3O10/c1-55-40-25-33(26-41(56-2)43(40)57-28-32-13-7-4-8-14-32)44(52)47-36(23-30-11-5-3-6-12-30)37(50)27-48(21-19-31-17-18-38-39(24-31)59-29-58-38)42(51)20-22-49-45(53)34-15-9-10-16-35(34)46(49)54/h3-16,25-26,31,36-39,50H,17-24,27-29H2,1-2H3,(H,47,52)/t31-,36+,37+,38-,39+/m1/s1. The molecule has 1 aliphatic carbocycles. The van der Waals surface area contributed by atoms with Crippen LogP contribution in [0.2, 0.25) is 0 Å². The number of benzene rings is 4. The minimum Gasteiger partial charge on any atom is -0.493 e. The maximum Gasteiger partial charge on any atom is 0.261 e. The summed E-state index contributed by atoms with van der Waals surface area (Å²) in [5.74, 6) is -0.480. The van der Waals surface area contributed by atoms with Crippen LogP contribution < -0.4 is 19.5 Å². The van der Waals surface area contributed by atoms with E-state index in [-0.39, 0.29) is 68.9 Å². The van der Waals surface area contributed by atoms with Crippen molar-refractivity contribution in [1.82, 2.24) is 15.1 Å². The van der Waals surface area contributed by atoms with Gasteiger partial charge < -0.3 is 39.0 Å². The number of nitrogens with zero attached hydrogens (tertiary/aromatic N) is 2. The monoisotopic (exact) mass is 805 g/mol. The van der Waals surface area contributed by atoms with Crippen molar-refractivity contribution in [3.8, 4) is 17.2 Å². The van der Waals surface area contributed by atoms with Crippen LogP contribution in [0.15, 0.2) is 97.1 Å². The van der Waals surface area contributed by atoms with E-state index in [0.29, 0.717) is 41.3 Å². The zero-order chi connectivity index (χ0) is 41.3. The Morgan fingerprint density at radius 2 is 1.46 bits per heavy atom. The highest BCUT2D eigenvalue weighted by molar-refractivity contribution is 6.21. The van der Waals surface area contributed by atoms with E-state index in [2.05, 4.69) is 5.32 Å². The number of ether oxygens (including phenoxy) is 5. The first-order chi connectivity index (χ1) is 28.7. The molecule has 4 amide bonds. The number of aliphatic hydroxyl groups excluding tert-OH is 1. The summed E-state index contributed by atoms with van der Waals surface area (Å²) in [5.41, 5.74) is 2.66. The molecule has 3 aliphatic rings. The van der Waals surface area contributed by atoms with Crippen molar-refractivity contribution >= 4 is 23.6 Å². The van der Waals surface area contributed by atoms with E-state index in [4.69, 9.17) is 23.7 Å². The quantitative estimate of drug-likeness (QED) is 0.125. The van der Waals surface area contributed by atoms with Gasteiger partial charge in [-0.1, -0.05) is 72.8 Å². The third kappa shape index (κ3) is 9.93. The summed E-state index contributed by atoms with van der Waals surface area (Å²) in [7, 11) is 2.96. The van der Waals surface area contributed by atoms with Crippen LogP contribution in [0.25, 0.3) is 0 Å². The smallest absolute Gasteiger partial charge is 0.261 e. The largest absolute Gasteiger partial charge is 0.493 e. The fourth-order valence-electron chi connectivity index (χ4n) is 8.13. The second kappa shape index (κ2) is 19.3. The molecule has 0 spiro atoms. The summed E-state index contributed by atoms with van der Waals surface area (Å²) in [6.07, 6.45) is 2.29. The van der Waals surface area contributed by atoms with E-state index < -0.39 is 29.9 Å². The van der Waals surface area contributed by atoms with Crippen molar-refractivity contribution in [3.63, 3.8) is 0 Å². The molecule has 13 nitrogen and oxygen atoms in total. The summed E-state index contributed by atoms with van der Waals surface area (Å²) in [5, 5.41) is 15.0. The van der Waals surface area contributed by atoms with Crippen molar-refractivity contribution in [2.75, 3.05) is 40.6 Å². The van der Waals surface area contributed by atoms with Gasteiger partial charge in [0.15, 0.2) is 11.5 Å². The molecule has 310 valence electrons.